The predicted molar refractivity (Wildman–Crippen MR) is 113 cm³/mol. The molecule has 24 heavy (non-hydrogen) atoms. The summed E-state index contributed by atoms with van der Waals surface area (Å²) in [5.41, 5.74) is 2.10. The molecule has 0 nitrogen and oxygen atoms in total. The van der Waals surface area contributed by atoms with Gasteiger partial charge in [-0.15, -0.1) is 6.58 Å². The van der Waals surface area contributed by atoms with Gasteiger partial charge in [0.25, 0.3) is 0 Å². The van der Waals surface area contributed by atoms with E-state index in [1.807, 2.05) is 0 Å². The van der Waals surface area contributed by atoms with Gasteiger partial charge in [0.05, 0.1) is 7.85 Å². The van der Waals surface area contributed by atoms with Crippen molar-refractivity contribution in [2.45, 2.75) is 124 Å². The smallest absolute Gasteiger partial charge is 0.0798 e. The fraction of sp³-hybridized carbons (Fsp3) is 0.913. The summed E-state index contributed by atoms with van der Waals surface area (Å²) in [6, 6.07) is 0. The monoisotopic (exact) mass is 332 g/mol. The number of allylic oxidation sites excluding steroid dienone is 1. The van der Waals surface area contributed by atoms with Gasteiger partial charge in [0, 0.05) is 0 Å². The molecule has 0 rings (SSSR count). The molecule has 0 N–H and O–H groups in total. The zero-order chi connectivity index (χ0) is 18.9. The Morgan fingerprint density at radius 1 is 0.792 bits per heavy atom. The van der Waals surface area contributed by atoms with Crippen molar-refractivity contribution in [1.82, 2.24) is 0 Å². The molecule has 0 aliphatic rings. The van der Waals surface area contributed by atoms with E-state index in [1.165, 1.54) is 69.8 Å². The molecular formula is C23H45B. The summed E-state index contributed by atoms with van der Waals surface area (Å²) in [7, 11) is 6.23. The quantitative estimate of drug-likeness (QED) is 0.170. The van der Waals surface area contributed by atoms with Crippen LogP contribution in [0.5, 0.6) is 0 Å². The molecule has 0 spiro atoms. The SMILES string of the molecule is [B]C(C)(C)C(=C)CCC(C)(CCC)CC(C)(CC)CCCCCC. The van der Waals surface area contributed by atoms with Crippen molar-refractivity contribution in [3.8, 4) is 0 Å². The van der Waals surface area contributed by atoms with E-state index in [4.69, 9.17) is 7.85 Å². The Kier molecular flexibility index (Phi) is 10.6. The number of hydrogen-bond donors (Lipinski definition) is 0. The van der Waals surface area contributed by atoms with E-state index in [9.17, 15) is 0 Å². The van der Waals surface area contributed by atoms with E-state index >= 15 is 0 Å². The molecule has 2 atom stereocenters. The third-order valence-corrected chi connectivity index (χ3v) is 6.14. The van der Waals surface area contributed by atoms with Gasteiger partial charge in [0.2, 0.25) is 0 Å². The molecule has 1 heteroatoms. The Balaban J connectivity index is 4.82. The van der Waals surface area contributed by atoms with Crippen molar-refractivity contribution < 1.29 is 0 Å². The van der Waals surface area contributed by atoms with Crippen molar-refractivity contribution in [2.75, 3.05) is 0 Å². The lowest BCUT2D eigenvalue weighted by Crippen LogP contribution is -2.28. The van der Waals surface area contributed by atoms with Gasteiger partial charge in [-0.25, -0.2) is 0 Å². The summed E-state index contributed by atoms with van der Waals surface area (Å²) in [5.74, 6) is 0. The number of rotatable bonds is 14. The molecule has 0 fully saturated rings. The molecule has 0 saturated heterocycles. The van der Waals surface area contributed by atoms with Crippen molar-refractivity contribution in [3.63, 3.8) is 0 Å². The lowest BCUT2D eigenvalue weighted by Gasteiger charge is -2.40. The zero-order valence-corrected chi connectivity index (χ0v) is 18.1. The summed E-state index contributed by atoms with van der Waals surface area (Å²) in [6.07, 6.45) is 14.4. The van der Waals surface area contributed by atoms with Crippen LogP contribution in [0.1, 0.15) is 119 Å². The normalized spacial score (nSPS) is 17.3. The minimum Gasteiger partial charge on any atom is -0.100 e. The minimum atomic E-state index is -0.249. The van der Waals surface area contributed by atoms with E-state index in [0.29, 0.717) is 10.8 Å². The average molecular weight is 332 g/mol. The standard InChI is InChI=1S/C23H45B/c1-9-12-13-14-17-22(7,11-3)19-23(8,16-10-2)18-15-20(4)21(5,6)24/h4,9-19H2,1-3,5-8H3. The van der Waals surface area contributed by atoms with E-state index in [1.54, 1.807) is 0 Å². The van der Waals surface area contributed by atoms with Gasteiger partial charge in [-0.2, -0.15) is 0 Å². The van der Waals surface area contributed by atoms with Gasteiger partial charge in [-0.3, -0.25) is 0 Å². The molecule has 0 aromatic rings. The second kappa shape index (κ2) is 10.7. The van der Waals surface area contributed by atoms with Crippen LogP contribution in [0.15, 0.2) is 12.2 Å². The van der Waals surface area contributed by atoms with Gasteiger partial charge >= 0.3 is 0 Å². The molecule has 140 valence electrons. The summed E-state index contributed by atoms with van der Waals surface area (Å²) in [6.45, 7) is 20.4. The molecule has 2 radical (unpaired) electrons. The van der Waals surface area contributed by atoms with Crippen molar-refractivity contribution in [2.24, 2.45) is 10.8 Å². The van der Waals surface area contributed by atoms with Crippen LogP contribution in [0.4, 0.5) is 0 Å². The fourth-order valence-corrected chi connectivity index (χ4v) is 4.08. The molecule has 2 unspecified atom stereocenters. The first-order chi connectivity index (χ1) is 11.0. The number of unbranched alkanes of at least 4 members (excludes halogenated alkanes) is 3. The Morgan fingerprint density at radius 2 is 1.42 bits per heavy atom. The maximum atomic E-state index is 6.23. The molecule has 0 aromatic carbocycles. The largest absolute Gasteiger partial charge is 0.100 e. The molecular weight excluding hydrogens is 287 g/mol. The van der Waals surface area contributed by atoms with E-state index in [0.717, 1.165) is 6.42 Å². The molecule has 0 amide bonds. The topological polar surface area (TPSA) is 0 Å². The van der Waals surface area contributed by atoms with Gasteiger partial charge in [-0.05, 0) is 42.9 Å². The molecule has 0 bridgehead atoms. The van der Waals surface area contributed by atoms with E-state index in [2.05, 4.69) is 55.0 Å². The van der Waals surface area contributed by atoms with E-state index in [-0.39, 0.29) is 5.31 Å². The van der Waals surface area contributed by atoms with Gasteiger partial charge in [0.1, 0.15) is 0 Å². The third kappa shape index (κ3) is 9.33. The molecule has 0 aliphatic carbocycles. The second-order valence-corrected chi connectivity index (χ2v) is 9.54. The highest BCUT2D eigenvalue weighted by molar-refractivity contribution is 6.16. The van der Waals surface area contributed by atoms with Gasteiger partial charge in [0.15, 0.2) is 0 Å². The van der Waals surface area contributed by atoms with Crippen LogP contribution in [0.2, 0.25) is 5.31 Å². The van der Waals surface area contributed by atoms with Crippen molar-refractivity contribution in [3.05, 3.63) is 12.2 Å². The lowest BCUT2D eigenvalue weighted by molar-refractivity contribution is 0.119. The van der Waals surface area contributed by atoms with Crippen LogP contribution < -0.4 is 0 Å². The molecule has 0 aromatic heterocycles. The highest BCUT2D eigenvalue weighted by Gasteiger charge is 2.33. The van der Waals surface area contributed by atoms with Crippen LogP contribution in [-0.2, 0) is 0 Å². The fourth-order valence-electron chi connectivity index (χ4n) is 4.08. The summed E-state index contributed by atoms with van der Waals surface area (Å²) < 4.78 is 0. The molecule has 0 saturated carbocycles. The van der Waals surface area contributed by atoms with Crippen molar-refractivity contribution >= 4 is 7.85 Å². The predicted octanol–water partition coefficient (Wildman–Crippen LogP) is 8.27. The third-order valence-electron chi connectivity index (χ3n) is 6.14. The number of hydrogen-bond acceptors (Lipinski definition) is 0. The van der Waals surface area contributed by atoms with Crippen LogP contribution in [0.3, 0.4) is 0 Å². The van der Waals surface area contributed by atoms with Gasteiger partial charge in [-0.1, -0.05) is 97.9 Å². The summed E-state index contributed by atoms with van der Waals surface area (Å²) in [4.78, 5) is 0. The summed E-state index contributed by atoms with van der Waals surface area (Å²) in [5, 5.41) is -0.249. The first-order valence-corrected chi connectivity index (χ1v) is 10.5. The van der Waals surface area contributed by atoms with Crippen LogP contribution in [0, 0.1) is 10.8 Å². The Hall–Kier alpha value is -0.195. The van der Waals surface area contributed by atoms with Crippen LogP contribution >= 0.6 is 0 Å². The van der Waals surface area contributed by atoms with Gasteiger partial charge < -0.3 is 0 Å². The molecule has 0 heterocycles. The first-order valence-electron chi connectivity index (χ1n) is 10.5. The maximum absolute atomic E-state index is 6.23. The Labute approximate surface area is 155 Å². The molecule has 0 aliphatic heterocycles. The van der Waals surface area contributed by atoms with Crippen LogP contribution in [-0.4, -0.2) is 7.85 Å². The Bertz CT molecular complexity index is 352. The highest BCUT2D eigenvalue weighted by atomic mass is 14.4. The highest BCUT2D eigenvalue weighted by Crippen LogP contribution is 2.47. The zero-order valence-electron chi connectivity index (χ0n) is 18.1. The van der Waals surface area contributed by atoms with Crippen LogP contribution in [0.25, 0.3) is 0 Å². The van der Waals surface area contributed by atoms with E-state index < -0.39 is 0 Å². The lowest BCUT2D eigenvalue weighted by atomic mass is 9.62. The first kappa shape index (κ1) is 23.8. The average Bonchev–Trinajstić information content (AvgIpc) is 2.48. The summed E-state index contributed by atoms with van der Waals surface area (Å²) >= 11 is 0. The van der Waals surface area contributed by atoms with Crippen molar-refractivity contribution in [1.29, 1.82) is 0 Å². The Morgan fingerprint density at radius 3 is 1.88 bits per heavy atom. The second-order valence-electron chi connectivity index (χ2n) is 9.54. The maximum Gasteiger partial charge on any atom is 0.0798 e. The minimum absolute atomic E-state index is 0.249.